The van der Waals surface area contributed by atoms with Crippen LogP contribution in [0.3, 0.4) is 0 Å². The van der Waals surface area contributed by atoms with Crippen LogP contribution in [0.15, 0.2) is 48.5 Å². The monoisotopic (exact) mass is 394 g/mol. The standard InChI is InChI=1S/C24H30N2O3/c1-17-5-4-6-20(13-17)21-14-22(16-26(15-21)18(2)27)24(28)25-12-11-19-7-9-23(29-3)10-8-19/h4-10,13,21-22H,11-12,14-16H2,1-3H3,(H,25,28). The SMILES string of the molecule is COc1ccc(CCNC(=O)C2CC(c3cccc(C)c3)CN(C(C)=O)C2)cc1. The van der Waals surface area contributed by atoms with Crippen LogP contribution >= 0.6 is 0 Å². The average molecular weight is 395 g/mol. The van der Waals surface area contributed by atoms with Gasteiger partial charge in [-0.1, -0.05) is 42.0 Å². The first kappa shape index (κ1) is 20.9. The summed E-state index contributed by atoms with van der Waals surface area (Å²) in [6, 6.07) is 16.2. The van der Waals surface area contributed by atoms with E-state index in [1.807, 2.05) is 35.2 Å². The normalized spacial score (nSPS) is 18.9. The summed E-state index contributed by atoms with van der Waals surface area (Å²) < 4.78 is 5.17. The van der Waals surface area contributed by atoms with Gasteiger partial charge < -0.3 is 15.0 Å². The van der Waals surface area contributed by atoms with Crippen LogP contribution in [0, 0.1) is 12.8 Å². The number of likely N-dealkylation sites (tertiary alicyclic amines) is 1. The molecule has 2 amide bonds. The van der Waals surface area contributed by atoms with Gasteiger partial charge >= 0.3 is 0 Å². The third kappa shape index (κ3) is 5.59. The molecular formula is C24H30N2O3. The molecule has 0 bridgehead atoms. The lowest BCUT2D eigenvalue weighted by molar-refractivity contribution is -0.134. The molecule has 2 unspecified atom stereocenters. The number of ether oxygens (including phenoxy) is 1. The fourth-order valence-electron chi connectivity index (χ4n) is 3.98. The van der Waals surface area contributed by atoms with Crippen molar-refractivity contribution < 1.29 is 14.3 Å². The van der Waals surface area contributed by atoms with Crippen molar-refractivity contribution in [1.82, 2.24) is 10.2 Å². The molecule has 1 aliphatic rings. The number of hydrogen-bond acceptors (Lipinski definition) is 3. The molecule has 1 N–H and O–H groups in total. The zero-order chi connectivity index (χ0) is 20.8. The Labute approximate surface area is 173 Å². The molecule has 2 atom stereocenters. The van der Waals surface area contributed by atoms with Gasteiger partial charge in [-0.2, -0.15) is 0 Å². The molecule has 2 aromatic carbocycles. The lowest BCUT2D eigenvalue weighted by Gasteiger charge is -2.37. The topological polar surface area (TPSA) is 58.6 Å². The van der Waals surface area contributed by atoms with E-state index in [1.165, 1.54) is 11.1 Å². The molecule has 1 heterocycles. The number of nitrogens with zero attached hydrogens (tertiary/aromatic N) is 1. The zero-order valence-electron chi connectivity index (χ0n) is 17.5. The van der Waals surface area contributed by atoms with E-state index >= 15 is 0 Å². The summed E-state index contributed by atoms with van der Waals surface area (Å²) in [5.74, 6) is 0.880. The van der Waals surface area contributed by atoms with Crippen molar-refractivity contribution >= 4 is 11.8 Å². The number of carbonyl (C=O) groups excluding carboxylic acids is 2. The molecule has 0 spiro atoms. The summed E-state index contributed by atoms with van der Waals surface area (Å²) in [4.78, 5) is 26.7. The van der Waals surface area contributed by atoms with Crippen LogP contribution in [0.1, 0.15) is 36.0 Å². The Hall–Kier alpha value is -2.82. The summed E-state index contributed by atoms with van der Waals surface area (Å²) in [6.45, 7) is 5.40. The highest BCUT2D eigenvalue weighted by Crippen LogP contribution is 2.31. The summed E-state index contributed by atoms with van der Waals surface area (Å²) in [5, 5.41) is 3.06. The number of methoxy groups -OCH3 is 1. The van der Waals surface area contributed by atoms with Crippen molar-refractivity contribution in [2.45, 2.75) is 32.6 Å². The number of amides is 2. The molecule has 0 aliphatic carbocycles. The number of aryl methyl sites for hydroxylation is 1. The number of nitrogens with one attached hydrogen (secondary N) is 1. The van der Waals surface area contributed by atoms with Gasteiger partial charge in [-0.05, 0) is 43.0 Å². The number of hydrogen-bond donors (Lipinski definition) is 1. The second-order valence-electron chi connectivity index (χ2n) is 7.86. The quantitative estimate of drug-likeness (QED) is 0.818. The van der Waals surface area contributed by atoms with Crippen LogP contribution in [0.25, 0.3) is 0 Å². The molecule has 0 saturated carbocycles. The van der Waals surface area contributed by atoms with E-state index in [0.29, 0.717) is 19.6 Å². The van der Waals surface area contributed by atoms with E-state index in [9.17, 15) is 9.59 Å². The average Bonchev–Trinajstić information content (AvgIpc) is 2.73. The van der Waals surface area contributed by atoms with Crippen LogP contribution < -0.4 is 10.1 Å². The highest BCUT2D eigenvalue weighted by molar-refractivity contribution is 5.81. The Bertz CT molecular complexity index is 847. The van der Waals surface area contributed by atoms with Crippen LogP contribution in [0.5, 0.6) is 5.75 Å². The molecule has 29 heavy (non-hydrogen) atoms. The van der Waals surface area contributed by atoms with E-state index < -0.39 is 0 Å². The maximum atomic E-state index is 12.8. The minimum absolute atomic E-state index is 0.0263. The van der Waals surface area contributed by atoms with Gasteiger partial charge in [0, 0.05) is 32.5 Å². The largest absolute Gasteiger partial charge is 0.497 e. The molecular weight excluding hydrogens is 364 g/mol. The Kier molecular flexibility index (Phi) is 6.91. The predicted octanol–water partition coefficient (Wildman–Crippen LogP) is 3.31. The Morgan fingerprint density at radius 2 is 1.90 bits per heavy atom. The highest BCUT2D eigenvalue weighted by Gasteiger charge is 2.33. The predicted molar refractivity (Wildman–Crippen MR) is 114 cm³/mol. The second-order valence-corrected chi connectivity index (χ2v) is 7.86. The molecule has 1 fully saturated rings. The van der Waals surface area contributed by atoms with Gasteiger partial charge in [0.2, 0.25) is 11.8 Å². The lowest BCUT2D eigenvalue weighted by atomic mass is 9.83. The van der Waals surface area contributed by atoms with Crippen LogP contribution in [-0.4, -0.2) is 43.5 Å². The Balaban J connectivity index is 1.60. The first-order valence-corrected chi connectivity index (χ1v) is 10.2. The van der Waals surface area contributed by atoms with Gasteiger partial charge in [0.1, 0.15) is 5.75 Å². The molecule has 5 nitrogen and oxygen atoms in total. The minimum Gasteiger partial charge on any atom is -0.497 e. The van der Waals surface area contributed by atoms with Crippen LogP contribution in [-0.2, 0) is 16.0 Å². The fourth-order valence-corrected chi connectivity index (χ4v) is 3.98. The lowest BCUT2D eigenvalue weighted by Crippen LogP contribution is -2.47. The van der Waals surface area contributed by atoms with Crippen molar-refractivity contribution in [2.75, 3.05) is 26.7 Å². The summed E-state index contributed by atoms with van der Waals surface area (Å²) >= 11 is 0. The third-order valence-electron chi connectivity index (χ3n) is 5.65. The van der Waals surface area contributed by atoms with Gasteiger partial charge in [0.05, 0.1) is 13.0 Å². The number of carbonyl (C=O) groups is 2. The van der Waals surface area contributed by atoms with E-state index in [-0.39, 0.29) is 23.7 Å². The molecule has 0 aromatic heterocycles. The van der Waals surface area contributed by atoms with Crippen LogP contribution in [0.2, 0.25) is 0 Å². The van der Waals surface area contributed by atoms with E-state index in [4.69, 9.17) is 4.74 Å². The molecule has 154 valence electrons. The molecule has 0 radical (unpaired) electrons. The first-order chi connectivity index (χ1) is 14.0. The van der Waals surface area contributed by atoms with Crippen molar-refractivity contribution in [3.63, 3.8) is 0 Å². The van der Waals surface area contributed by atoms with Crippen molar-refractivity contribution in [1.29, 1.82) is 0 Å². The van der Waals surface area contributed by atoms with Crippen molar-refractivity contribution in [2.24, 2.45) is 5.92 Å². The molecule has 1 saturated heterocycles. The van der Waals surface area contributed by atoms with Gasteiger partial charge in [0.25, 0.3) is 0 Å². The number of benzene rings is 2. The second kappa shape index (κ2) is 9.59. The van der Waals surface area contributed by atoms with E-state index in [0.717, 1.165) is 24.2 Å². The fraction of sp³-hybridized carbons (Fsp3) is 0.417. The Morgan fingerprint density at radius 1 is 1.14 bits per heavy atom. The highest BCUT2D eigenvalue weighted by atomic mass is 16.5. The maximum Gasteiger partial charge on any atom is 0.224 e. The van der Waals surface area contributed by atoms with Gasteiger partial charge in [-0.3, -0.25) is 9.59 Å². The summed E-state index contributed by atoms with van der Waals surface area (Å²) in [6.07, 6.45) is 1.53. The zero-order valence-corrected chi connectivity index (χ0v) is 17.5. The molecule has 3 rings (SSSR count). The molecule has 5 heteroatoms. The van der Waals surface area contributed by atoms with E-state index in [2.05, 4.69) is 30.4 Å². The number of rotatable bonds is 6. The third-order valence-corrected chi connectivity index (χ3v) is 5.65. The van der Waals surface area contributed by atoms with Crippen molar-refractivity contribution in [3.05, 3.63) is 65.2 Å². The molecule has 1 aliphatic heterocycles. The number of piperidine rings is 1. The van der Waals surface area contributed by atoms with E-state index in [1.54, 1.807) is 14.0 Å². The van der Waals surface area contributed by atoms with Gasteiger partial charge in [-0.15, -0.1) is 0 Å². The van der Waals surface area contributed by atoms with Crippen molar-refractivity contribution in [3.8, 4) is 5.75 Å². The summed E-state index contributed by atoms with van der Waals surface area (Å²) in [5.41, 5.74) is 3.55. The Morgan fingerprint density at radius 3 is 2.55 bits per heavy atom. The summed E-state index contributed by atoms with van der Waals surface area (Å²) in [7, 11) is 1.65. The molecule has 2 aromatic rings. The van der Waals surface area contributed by atoms with Crippen LogP contribution in [0.4, 0.5) is 0 Å². The smallest absolute Gasteiger partial charge is 0.224 e. The first-order valence-electron chi connectivity index (χ1n) is 10.2. The van der Waals surface area contributed by atoms with Gasteiger partial charge in [0.15, 0.2) is 0 Å². The van der Waals surface area contributed by atoms with Gasteiger partial charge in [-0.25, -0.2) is 0 Å². The minimum atomic E-state index is -0.186. The maximum absolute atomic E-state index is 12.8.